The van der Waals surface area contributed by atoms with Crippen LogP contribution in [0.3, 0.4) is 0 Å². The first kappa shape index (κ1) is 57.8. The molecule has 8 rings (SSSR count). The molecular weight excluding hydrogens is 1000 g/mol. The minimum absolute atomic E-state index is 0. The summed E-state index contributed by atoms with van der Waals surface area (Å²) in [5.41, 5.74) is 3.36. The Morgan fingerprint density at radius 2 is 0.583 bits per heavy atom. The third-order valence-corrected chi connectivity index (χ3v) is 9.12. The van der Waals surface area contributed by atoms with E-state index in [0.717, 1.165) is 0 Å². The first-order valence-corrected chi connectivity index (χ1v) is 21.5. The molecule has 0 aliphatic rings. The van der Waals surface area contributed by atoms with Crippen molar-refractivity contribution in [3.63, 3.8) is 0 Å². The van der Waals surface area contributed by atoms with Crippen molar-refractivity contribution in [3.05, 3.63) is 204 Å². The molecule has 2 heterocycles. The Hall–Kier alpha value is -8.54. The molecule has 8 aromatic rings. The van der Waals surface area contributed by atoms with Gasteiger partial charge in [-0.15, -0.1) is 43.4 Å². The summed E-state index contributed by atoms with van der Waals surface area (Å²) in [6.45, 7) is 4.74. The fourth-order valence-electron chi connectivity index (χ4n) is 5.41. The van der Waals surface area contributed by atoms with Crippen molar-refractivity contribution in [2.75, 3.05) is 13.1 Å². The van der Waals surface area contributed by atoms with Gasteiger partial charge in [-0.2, -0.15) is 10.2 Å². The summed E-state index contributed by atoms with van der Waals surface area (Å²) in [5, 5.41) is 90.7. The third kappa shape index (κ3) is 21.0. The van der Waals surface area contributed by atoms with Crippen LogP contribution in [0.4, 0.5) is 0 Å². The standard InChI is InChI=1S/2C17H18N2O2.2C9H8N4O.2Fe/c2*1-13(19-12-15-7-3-5-9-17(15)21)10-18-11-14-6-2-4-8-16(14)20;2*14-9-4-2-1-3-8(9)5-12-13-6-10-11-7-13;;/h2*2-9,11-13,20-21H,10H2,1H3;2*1-7,14H;;/q;;;;2*+3/p-6/b;;2*12-5+;;/t2*13-;;;;/m10..../s1. The smallest absolute Gasteiger partial charge is 0.872 e. The molecule has 2 aromatic heterocycles. The molecule has 0 N–H and O–H groups in total. The van der Waals surface area contributed by atoms with Crippen molar-refractivity contribution < 1.29 is 64.8 Å². The van der Waals surface area contributed by atoms with Crippen LogP contribution in [0.2, 0.25) is 0 Å². The monoisotopic (exact) mass is 1050 g/mol. The number of aliphatic imine (C=N–C) groups is 4. The van der Waals surface area contributed by atoms with Gasteiger partial charge in [-0.25, -0.2) is 9.35 Å². The summed E-state index contributed by atoms with van der Waals surface area (Å²) in [6, 6.07) is 40.2. The number of rotatable bonds is 14. The van der Waals surface area contributed by atoms with Crippen LogP contribution in [-0.4, -0.2) is 92.2 Å². The molecule has 0 fully saturated rings. The molecule has 0 amide bonds. The molecule has 0 saturated carbocycles. The van der Waals surface area contributed by atoms with Crippen LogP contribution in [0.1, 0.15) is 47.2 Å². The quantitative estimate of drug-likeness (QED) is 0.112. The zero-order chi connectivity index (χ0) is 49.8. The van der Waals surface area contributed by atoms with Crippen LogP contribution < -0.4 is 30.6 Å². The summed E-state index contributed by atoms with van der Waals surface area (Å²) in [4.78, 5) is 17.0. The third-order valence-electron chi connectivity index (χ3n) is 9.12. The van der Waals surface area contributed by atoms with Crippen LogP contribution in [0.25, 0.3) is 0 Å². The normalized spacial score (nSPS) is 11.8. The van der Waals surface area contributed by atoms with Crippen molar-refractivity contribution in [1.29, 1.82) is 0 Å². The minimum Gasteiger partial charge on any atom is -0.872 e. The van der Waals surface area contributed by atoms with E-state index in [9.17, 15) is 30.6 Å². The summed E-state index contributed by atoms with van der Waals surface area (Å²) < 4.78 is 2.85. The van der Waals surface area contributed by atoms with Crippen molar-refractivity contribution in [3.8, 4) is 34.5 Å². The second-order valence-corrected chi connectivity index (χ2v) is 14.6. The van der Waals surface area contributed by atoms with Gasteiger partial charge in [0.1, 0.15) is 25.3 Å². The van der Waals surface area contributed by atoms with E-state index in [1.807, 2.05) is 13.8 Å². The van der Waals surface area contributed by atoms with E-state index in [4.69, 9.17) is 0 Å². The maximum atomic E-state index is 11.5. The van der Waals surface area contributed by atoms with Crippen LogP contribution in [0.15, 0.2) is 201 Å². The van der Waals surface area contributed by atoms with E-state index < -0.39 is 0 Å². The van der Waals surface area contributed by atoms with Crippen LogP contribution in [-0.2, 0) is 34.1 Å². The van der Waals surface area contributed by atoms with E-state index >= 15 is 0 Å². The Morgan fingerprint density at radius 1 is 0.361 bits per heavy atom. The second-order valence-electron chi connectivity index (χ2n) is 14.6. The largest absolute Gasteiger partial charge is 3.00 e. The fourth-order valence-corrected chi connectivity index (χ4v) is 5.41. The Labute approximate surface area is 437 Å². The number of aromatic nitrogens is 6. The molecule has 0 spiro atoms. The number of para-hydroxylation sites is 6. The zero-order valence-corrected chi connectivity index (χ0v) is 40.9. The molecule has 0 aliphatic carbocycles. The fraction of sp³-hybridized carbons (Fsp3) is 0.115. The molecule has 20 heteroatoms. The summed E-state index contributed by atoms with van der Waals surface area (Å²) >= 11 is 0. The van der Waals surface area contributed by atoms with E-state index in [2.05, 4.69) is 50.6 Å². The predicted octanol–water partition coefficient (Wildman–Crippen LogP) is 3.98. The van der Waals surface area contributed by atoms with Crippen molar-refractivity contribution in [2.45, 2.75) is 25.9 Å². The van der Waals surface area contributed by atoms with Gasteiger partial charge in [0.2, 0.25) is 0 Å². The van der Waals surface area contributed by atoms with Crippen molar-refractivity contribution >= 4 is 37.3 Å². The van der Waals surface area contributed by atoms with Gasteiger partial charge in [-0.1, -0.05) is 157 Å². The summed E-state index contributed by atoms with van der Waals surface area (Å²) in [7, 11) is 0. The van der Waals surface area contributed by atoms with Gasteiger partial charge >= 0.3 is 34.1 Å². The number of nitrogens with zero attached hydrogens (tertiary/aromatic N) is 12. The van der Waals surface area contributed by atoms with Gasteiger partial charge in [0.05, 0.1) is 37.6 Å². The van der Waals surface area contributed by atoms with E-state index in [-0.39, 0.29) is 80.7 Å². The molecule has 2 atom stereocenters. The Kier molecular flexibility index (Phi) is 25.9. The van der Waals surface area contributed by atoms with Gasteiger partial charge in [0.25, 0.3) is 0 Å². The number of hydrogen-bond donors (Lipinski definition) is 0. The van der Waals surface area contributed by atoms with Crippen molar-refractivity contribution in [1.82, 2.24) is 29.7 Å². The van der Waals surface area contributed by atoms with Gasteiger partial charge in [-0.3, -0.25) is 20.0 Å². The second kappa shape index (κ2) is 32.3. The molecule has 6 aromatic carbocycles. The van der Waals surface area contributed by atoms with E-state index in [1.54, 1.807) is 134 Å². The maximum absolute atomic E-state index is 11.5. The van der Waals surface area contributed by atoms with E-state index in [1.165, 1.54) is 83.5 Å². The predicted molar refractivity (Wildman–Crippen MR) is 260 cm³/mol. The molecule has 0 unspecified atom stereocenters. The molecule has 0 bridgehead atoms. The average Bonchev–Trinajstić information content (AvgIpc) is 4.11. The minimum atomic E-state index is -0.0559. The zero-order valence-electron chi connectivity index (χ0n) is 38.7. The maximum Gasteiger partial charge on any atom is 3.00 e. The first-order valence-electron chi connectivity index (χ1n) is 21.5. The summed E-state index contributed by atoms with van der Waals surface area (Å²) in [5.74, 6) is -0.279. The SMILES string of the molecule is C[C@@H](CN=Cc1ccccc1[O-])N=Cc1ccccc1[O-].C[C@H](CN=Cc1ccccc1[O-])N=Cc1ccccc1[O-].[Fe+3].[Fe+3].[O-]c1ccccc1/C=N/n1cnnc1.[O-]c1ccccc1/C=N/n1cnnc1. The molecule has 18 nitrogen and oxygen atoms in total. The Bertz CT molecular complexity index is 2790. The van der Waals surface area contributed by atoms with Gasteiger partial charge in [0.15, 0.2) is 0 Å². The molecular formula is C52H46Fe2N12O6. The Balaban J connectivity index is 0.000000255. The molecule has 0 saturated heterocycles. The Morgan fingerprint density at radius 3 is 0.833 bits per heavy atom. The van der Waals surface area contributed by atoms with Crippen LogP contribution in [0.5, 0.6) is 34.5 Å². The number of benzene rings is 6. The average molecular weight is 1050 g/mol. The van der Waals surface area contributed by atoms with Gasteiger partial charge < -0.3 is 30.6 Å². The summed E-state index contributed by atoms with van der Waals surface area (Å²) in [6.07, 6.45) is 15.0. The van der Waals surface area contributed by atoms with Gasteiger partial charge in [0, 0.05) is 24.9 Å². The first-order chi connectivity index (χ1) is 34.0. The van der Waals surface area contributed by atoms with Crippen LogP contribution >= 0.6 is 0 Å². The van der Waals surface area contributed by atoms with Gasteiger partial charge in [-0.05, 0) is 47.2 Å². The van der Waals surface area contributed by atoms with E-state index in [0.29, 0.717) is 46.5 Å². The molecule has 72 heavy (non-hydrogen) atoms. The number of hydrogen-bond acceptors (Lipinski definition) is 16. The van der Waals surface area contributed by atoms with Crippen LogP contribution in [0, 0.1) is 0 Å². The topological polar surface area (TPSA) is 274 Å². The molecule has 366 valence electrons. The molecule has 2 radical (unpaired) electrons. The molecule has 0 aliphatic heterocycles. The van der Waals surface area contributed by atoms with Crippen molar-refractivity contribution in [2.24, 2.45) is 30.2 Å².